The number of rotatable bonds is 12. The first-order valence-corrected chi connectivity index (χ1v) is 8.16. The Kier molecular flexibility index (Phi) is 10.1. The van der Waals surface area contributed by atoms with Crippen LogP contribution in [0.25, 0.3) is 0 Å². The minimum atomic E-state index is -1.15. The molecular weight excluding hydrogens is 314 g/mol. The summed E-state index contributed by atoms with van der Waals surface area (Å²) in [5.74, 6) is -1.52. The van der Waals surface area contributed by atoms with E-state index in [2.05, 4.69) is 5.32 Å². The summed E-state index contributed by atoms with van der Waals surface area (Å²) in [6, 6.07) is -1.04. The first-order valence-electron chi connectivity index (χ1n) is 8.16. The van der Waals surface area contributed by atoms with Crippen LogP contribution >= 0.6 is 0 Å². The van der Waals surface area contributed by atoms with Crippen LogP contribution < -0.4 is 5.32 Å². The SMILES string of the molecule is CC(=O)N[C@@H](CCC(=O)CCCOCCC(=O)C(C)(C)C)C(=O)O. The molecular formula is C17H29NO6. The van der Waals surface area contributed by atoms with Gasteiger partial charge in [0.2, 0.25) is 5.91 Å². The lowest BCUT2D eigenvalue weighted by Gasteiger charge is -2.16. The quantitative estimate of drug-likeness (QED) is 0.522. The van der Waals surface area contributed by atoms with E-state index in [-0.39, 0.29) is 29.8 Å². The Labute approximate surface area is 143 Å². The van der Waals surface area contributed by atoms with Crippen molar-refractivity contribution in [3.63, 3.8) is 0 Å². The van der Waals surface area contributed by atoms with Crippen LogP contribution in [0.3, 0.4) is 0 Å². The van der Waals surface area contributed by atoms with Crippen molar-refractivity contribution in [1.82, 2.24) is 5.32 Å². The molecule has 0 aromatic rings. The van der Waals surface area contributed by atoms with E-state index in [9.17, 15) is 19.2 Å². The molecule has 0 radical (unpaired) electrons. The van der Waals surface area contributed by atoms with Crippen molar-refractivity contribution >= 4 is 23.4 Å². The molecule has 0 unspecified atom stereocenters. The van der Waals surface area contributed by atoms with E-state index in [0.717, 1.165) is 0 Å². The summed E-state index contributed by atoms with van der Waals surface area (Å²) in [7, 11) is 0. The van der Waals surface area contributed by atoms with E-state index in [0.29, 0.717) is 32.5 Å². The van der Waals surface area contributed by atoms with E-state index in [4.69, 9.17) is 9.84 Å². The van der Waals surface area contributed by atoms with Gasteiger partial charge in [-0.15, -0.1) is 0 Å². The van der Waals surface area contributed by atoms with Crippen molar-refractivity contribution < 1.29 is 29.0 Å². The van der Waals surface area contributed by atoms with Gasteiger partial charge in [-0.05, 0) is 12.8 Å². The number of carbonyl (C=O) groups is 4. The monoisotopic (exact) mass is 343 g/mol. The molecule has 0 saturated carbocycles. The van der Waals surface area contributed by atoms with Gasteiger partial charge in [0, 0.05) is 38.2 Å². The summed E-state index contributed by atoms with van der Waals surface area (Å²) in [5.41, 5.74) is -0.367. The fraction of sp³-hybridized carbons (Fsp3) is 0.765. The van der Waals surface area contributed by atoms with Gasteiger partial charge in [0.05, 0.1) is 6.61 Å². The molecule has 0 heterocycles. The van der Waals surface area contributed by atoms with Crippen LogP contribution in [0.4, 0.5) is 0 Å². The number of ketones is 2. The largest absolute Gasteiger partial charge is 0.480 e. The molecule has 0 fully saturated rings. The summed E-state index contributed by atoms with van der Waals surface area (Å²) in [4.78, 5) is 45.2. The van der Waals surface area contributed by atoms with Crippen LogP contribution in [0.1, 0.15) is 59.8 Å². The molecule has 0 rings (SSSR count). The topological polar surface area (TPSA) is 110 Å². The summed E-state index contributed by atoms with van der Waals surface area (Å²) in [6.45, 7) is 7.54. The summed E-state index contributed by atoms with van der Waals surface area (Å²) in [6.07, 6.45) is 1.35. The van der Waals surface area contributed by atoms with Gasteiger partial charge in [0.25, 0.3) is 0 Å². The van der Waals surface area contributed by atoms with Crippen molar-refractivity contribution in [3.05, 3.63) is 0 Å². The highest BCUT2D eigenvalue weighted by atomic mass is 16.5. The molecule has 0 aromatic carbocycles. The third-order valence-electron chi connectivity index (χ3n) is 3.44. The predicted octanol–water partition coefficient (Wildman–Crippen LogP) is 1.73. The number of aliphatic carboxylic acids is 1. The lowest BCUT2D eigenvalue weighted by Crippen LogP contribution is -2.39. The Morgan fingerprint density at radius 1 is 1.04 bits per heavy atom. The standard InChI is InChI=1S/C17H29NO6/c1-12(19)18-14(16(22)23)8-7-13(20)6-5-10-24-11-9-15(21)17(2,3)4/h14H,5-11H2,1-4H3,(H,18,19)(H,22,23)/t14-/m0/s1. The van der Waals surface area contributed by atoms with E-state index >= 15 is 0 Å². The maximum absolute atomic E-state index is 11.7. The number of amides is 1. The third kappa shape index (κ3) is 10.9. The van der Waals surface area contributed by atoms with Crippen LogP contribution in [0.15, 0.2) is 0 Å². The van der Waals surface area contributed by atoms with Crippen molar-refractivity contribution in [2.45, 2.75) is 65.8 Å². The van der Waals surface area contributed by atoms with Crippen LogP contribution in [0, 0.1) is 5.41 Å². The predicted molar refractivity (Wildman–Crippen MR) is 88.6 cm³/mol. The fourth-order valence-corrected chi connectivity index (χ4v) is 1.95. The average molecular weight is 343 g/mol. The number of carbonyl (C=O) groups excluding carboxylic acids is 3. The molecule has 0 aliphatic heterocycles. The smallest absolute Gasteiger partial charge is 0.326 e. The molecule has 0 aliphatic rings. The Morgan fingerprint density at radius 3 is 2.17 bits per heavy atom. The van der Waals surface area contributed by atoms with Crippen LogP contribution in [-0.4, -0.2) is 47.8 Å². The zero-order valence-electron chi connectivity index (χ0n) is 15.0. The maximum Gasteiger partial charge on any atom is 0.326 e. The normalized spacial score (nSPS) is 12.5. The first kappa shape index (κ1) is 22.2. The van der Waals surface area contributed by atoms with Gasteiger partial charge in [-0.1, -0.05) is 20.8 Å². The fourth-order valence-electron chi connectivity index (χ4n) is 1.95. The van der Waals surface area contributed by atoms with Gasteiger partial charge in [-0.25, -0.2) is 4.79 Å². The number of nitrogens with one attached hydrogen (secondary N) is 1. The van der Waals surface area contributed by atoms with Gasteiger partial charge in [-0.2, -0.15) is 0 Å². The number of carboxylic acid groups (broad SMARTS) is 1. The van der Waals surface area contributed by atoms with Crippen LogP contribution in [0.5, 0.6) is 0 Å². The minimum Gasteiger partial charge on any atom is -0.480 e. The Balaban J connectivity index is 3.81. The minimum absolute atomic E-state index is 0.0685. The second-order valence-corrected chi connectivity index (χ2v) is 6.81. The molecule has 138 valence electrons. The van der Waals surface area contributed by atoms with Gasteiger partial charge in [0.1, 0.15) is 17.6 Å². The second-order valence-electron chi connectivity index (χ2n) is 6.81. The van der Waals surface area contributed by atoms with Crippen molar-refractivity contribution in [3.8, 4) is 0 Å². The van der Waals surface area contributed by atoms with Crippen molar-refractivity contribution in [2.75, 3.05) is 13.2 Å². The van der Waals surface area contributed by atoms with Gasteiger partial charge < -0.3 is 15.2 Å². The number of hydrogen-bond acceptors (Lipinski definition) is 5. The lowest BCUT2D eigenvalue weighted by atomic mass is 9.89. The van der Waals surface area contributed by atoms with E-state index in [1.165, 1.54) is 6.92 Å². The summed E-state index contributed by atoms with van der Waals surface area (Å²) >= 11 is 0. The molecule has 0 saturated heterocycles. The summed E-state index contributed by atoms with van der Waals surface area (Å²) in [5, 5.41) is 11.2. The van der Waals surface area contributed by atoms with E-state index in [1.54, 1.807) is 0 Å². The first-order chi connectivity index (χ1) is 11.0. The Hall–Kier alpha value is -1.76. The number of hydrogen-bond donors (Lipinski definition) is 2. The molecule has 1 atom stereocenters. The van der Waals surface area contributed by atoms with Crippen molar-refractivity contribution in [1.29, 1.82) is 0 Å². The third-order valence-corrected chi connectivity index (χ3v) is 3.44. The maximum atomic E-state index is 11.7. The highest BCUT2D eigenvalue weighted by Gasteiger charge is 2.20. The number of carboxylic acids is 1. The van der Waals surface area contributed by atoms with Crippen LogP contribution in [-0.2, 0) is 23.9 Å². The molecule has 0 bridgehead atoms. The van der Waals surface area contributed by atoms with E-state index < -0.39 is 17.9 Å². The summed E-state index contributed by atoms with van der Waals surface area (Å²) < 4.78 is 5.34. The lowest BCUT2D eigenvalue weighted by molar-refractivity contribution is -0.141. The highest BCUT2D eigenvalue weighted by Crippen LogP contribution is 2.16. The van der Waals surface area contributed by atoms with Crippen molar-refractivity contribution in [2.24, 2.45) is 5.41 Å². The molecule has 2 N–H and O–H groups in total. The van der Waals surface area contributed by atoms with Crippen LogP contribution in [0.2, 0.25) is 0 Å². The highest BCUT2D eigenvalue weighted by molar-refractivity contribution is 5.84. The number of Topliss-reactive ketones (excluding diaryl/α,β-unsaturated/α-hetero) is 2. The molecule has 7 heteroatoms. The Bertz CT molecular complexity index is 452. The molecule has 1 amide bonds. The number of ether oxygens (including phenoxy) is 1. The zero-order valence-corrected chi connectivity index (χ0v) is 15.0. The van der Waals surface area contributed by atoms with E-state index in [1.807, 2.05) is 20.8 Å². The molecule has 0 aromatic heterocycles. The Morgan fingerprint density at radius 2 is 1.67 bits per heavy atom. The zero-order chi connectivity index (χ0) is 18.8. The molecule has 0 spiro atoms. The molecule has 0 aliphatic carbocycles. The van der Waals surface area contributed by atoms with Gasteiger partial charge in [-0.3, -0.25) is 14.4 Å². The van der Waals surface area contributed by atoms with Gasteiger partial charge >= 0.3 is 5.97 Å². The van der Waals surface area contributed by atoms with Gasteiger partial charge in [0.15, 0.2) is 0 Å². The molecule has 7 nitrogen and oxygen atoms in total. The average Bonchev–Trinajstić information content (AvgIpc) is 2.45. The molecule has 24 heavy (non-hydrogen) atoms. The second kappa shape index (κ2) is 10.9.